The van der Waals surface area contributed by atoms with E-state index in [4.69, 9.17) is 4.74 Å². The number of carbonyl (C=O) groups is 1. The lowest BCUT2D eigenvalue weighted by atomic mass is 10.2. The van der Waals surface area contributed by atoms with Crippen LogP contribution in [-0.4, -0.2) is 25.1 Å². The summed E-state index contributed by atoms with van der Waals surface area (Å²) >= 11 is 3.55. The van der Waals surface area contributed by atoms with Gasteiger partial charge in [0.15, 0.2) is 6.61 Å². The van der Waals surface area contributed by atoms with Crippen molar-refractivity contribution < 1.29 is 9.53 Å². The van der Waals surface area contributed by atoms with Crippen LogP contribution < -0.4 is 15.4 Å². The lowest BCUT2D eigenvalue weighted by molar-refractivity contribution is -0.123. The summed E-state index contributed by atoms with van der Waals surface area (Å²) in [5, 5.41) is 6.31. The van der Waals surface area contributed by atoms with Gasteiger partial charge in [-0.3, -0.25) is 4.79 Å². The Bertz CT molecular complexity index is 487. The fraction of sp³-hybridized carbons (Fsp3) is 0.562. The zero-order valence-electron chi connectivity index (χ0n) is 12.6. The summed E-state index contributed by atoms with van der Waals surface area (Å²) in [6, 6.07) is 6.49. The first kappa shape index (κ1) is 16.3. The molecule has 5 heteroatoms. The van der Waals surface area contributed by atoms with Gasteiger partial charge in [-0.05, 0) is 42.5 Å². The van der Waals surface area contributed by atoms with Gasteiger partial charge in [0.2, 0.25) is 0 Å². The molecule has 0 saturated heterocycles. The number of hydrogen-bond donors (Lipinski definition) is 2. The molecule has 0 bridgehead atoms. The number of ether oxygens (including phenoxy) is 1. The van der Waals surface area contributed by atoms with E-state index >= 15 is 0 Å². The molecule has 1 aliphatic rings. The molecule has 2 N–H and O–H groups in total. The SMILES string of the molecule is CC(C)CNC(=O)COc1ccc(Br)c(CNC2CC2)c1. The van der Waals surface area contributed by atoms with Crippen LogP contribution in [0.5, 0.6) is 5.75 Å². The quantitative estimate of drug-likeness (QED) is 0.754. The van der Waals surface area contributed by atoms with E-state index in [1.54, 1.807) is 0 Å². The first-order valence-corrected chi connectivity index (χ1v) is 8.25. The molecule has 21 heavy (non-hydrogen) atoms. The van der Waals surface area contributed by atoms with Gasteiger partial charge in [0.25, 0.3) is 5.91 Å². The monoisotopic (exact) mass is 354 g/mol. The third kappa shape index (κ3) is 6.06. The van der Waals surface area contributed by atoms with E-state index in [1.807, 2.05) is 18.2 Å². The number of amides is 1. The van der Waals surface area contributed by atoms with Gasteiger partial charge in [0, 0.05) is 23.6 Å². The lowest BCUT2D eigenvalue weighted by Crippen LogP contribution is -2.31. The van der Waals surface area contributed by atoms with Crippen molar-refractivity contribution in [3.8, 4) is 5.75 Å². The molecule has 116 valence electrons. The van der Waals surface area contributed by atoms with Crippen molar-refractivity contribution in [3.05, 3.63) is 28.2 Å². The Kier molecular flexibility index (Phi) is 6.06. The summed E-state index contributed by atoms with van der Waals surface area (Å²) in [5.74, 6) is 1.09. The average molecular weight is 355 g/mol. The summed E-state index contributed by atoms with van der Waals surface area (Å²) in [6.45, 7) is 5.69. The van der Waals surface area contributed by atoms with Crippen LogP contribution in [0.1, 0.15) is 32.3 Å². The second-order valence-electron chi connectivity index (χ2n) is 5.89. The van der Waals surface area contributed by atoms with E-state index in [2.05, 4.69) is 40.4 Å². The molecule has 1 aliphatic carbocycles. The molecule has 0 aliphatic heterocycles. The van der Waals surface area contributed by atoms with Crippen molar-refractivity contribution in [3.63, 3.8) is 0 Å². The third-order valence-corrected chi connectivity index (χ3v) is 4.03. The fourth-order valence-corrected chi connectivity index (χ4v) is 2.22. The summed E-state index contributed by atoms with van der Waals surface area (Å²) in [6.07, 6.45) is 2.54. The van der Waals surface area contributed by atoms with Crippen LogP contribution in [-0.2, 0) is 11.3 Å². The highest BCUT2D eigenvalue weighted by atomic mass is 79.9. The maximum atomic E-state index is 11.6. The maximum absolute atomic E-state index is 11.6. The van der Waals surface area contributed by atoms with Crippen molar-refractivity contribution in [1.29, 1.82) is 0 Å². The molecule has 4 nitrogen and oxygen atoms in total. The highest BCUT2D eigenvalue weighted by molar-refractivity contribution is 9.10. The zero-order valence-corrected chi connectivity index (χ0v) is 14.2. The standard InChI is InChI=1S/C16H23BrN2O2/c1-11(2)8-19-16(20)10-21-14-5-6-15(17)12(7-14)9-18-13-3-4-13/h5-7,11,13,18H,3-4,8-10H2,1-2H3,(H,19,20). The van der Waals surface area contributed by atoms with Crippen molar-refractivity contribution in [2.45, 2.75) is 39.3 Å². The molecular weight excluding hydrogens is 332 g/mol. The van der Waals surface area contributed by atoms with E-state index in [0.717, 1.165) is 22.3 Å². The molecular formula is C16H23BrN2O2. The van der Waals surface area contributed by atoms with Gasteiger partial charge in [0.05, 0.1) is 0 Å². The van der Waals surface area contributed by atoms with Gasteiger partial charge < -0.3 is 15.4 Å². The molecule has 1 saturated carbocycles. The largest absolute Gasteiger partial charge is 0.484 e. The Balaban J connectivity index is 1.81. The Morgan fingerprint density at radius 3 is 2.86 bits per heavy atom. The highest BCUT2D eigenvalue weighted by Crippen LogP contribution is 2.25. The number of halogens is 1. The summed E-state index contributed by atoms with van der Waals surface area (Å²) in [4.78, 5) is 11.6. The van der Waals surface area contributed by atoms with Gasteiger partial charge in [-0.2, -0.15) is 0 Å². The molecule has 1 amide bonds. The number of nitrogens with one attached hydrogen (secondary N) is 2. The zero-order chi connectivity index (χ0) is 15.2. The molecule has 0 spiro atoms. The fourth-order valence-electron chi connectivity index (χ4n) is 1.84. The smallest absolute Gasteiger partial charge is 0.257 e. The van der Waals surface area contributed by atoms with Gasteiger partial charge in [-0.1, -0.05) is 29.8 Å². The first-order valence-electron chi connectivity index (χ1n) is 7.46. The Morgan fingerprint density at radius 1 is 1.43 bits per heavy atom. The second-order valence-corrected chi connectivity index (χ2v) is 6.75. The lowest BCUT2D eigenvalue weighted by Gasteiger charge is -2.11. The molecule has 2 rings (SSSR count). The number of carbonyl (C=O) groups excluding carboxylic acids is 1. The minimum absolute atomic E-state index is 0.0594. The minimum Gasteiger partial charge on any atom is -0.484 e. The number of rotatable bonds is 8. The number of benzene rings is 1. The Hall–Kier alpha value is -1.07. The normalized spacial score (nSPS) is 14.3. The van der Waals surface area contributed by atoms with Crippen molar-refractivity contribution in [1.82, 2.24) is 10.6 Å². The van der Waals surface area contributed by atoms with Crippen molar-refractivity contribution in [2.75, 3.05) is 13.2 Å². The van der Waals surface area contributed by atoms with Gasteiger partial charge in [-0.15, -0.1) is 0 Å². The van der Waals surface area contributed by atoms with E-state index in [-0.39, 0.29) is 12.5 Å². The first-order chi connectivity index (χ1) is 10.0. The van der Waals surface area contributed by atoms with E-state index in [1.165, 1.54) is 12.8 Å². The van der Waals surface area contributed by atoms with E-state index < -0.39 is 0 Å². The molecule has 0 atom stereocenters. The van der Waals surface area contributed by atoms with Crippen LogP contribution in [0.4, 0.5) is 0 Å². The highest BCUT2D eigenvalue weighted by Gasteiger charge is 2.20. The van der Waals surface area contributed by atoms with Crippen LogP contribution in [0.25, 0.3) is 0 Å². The predicted octanol–water partition coefficient (Wildman–Crippen LogP) is 2.85. The van der Waals surface area contributed by atoms with Gasteiger partial charge >= 0.3 is 0 Å². The summed E-state index contributed by atoms with van der Waals surface area (Å²) < 4.78 is 6.62. The third-order valence-electron chi connectivity index (χ3n) is 3.25. The second kappa shape index (κ2) is 7.80. The molecule has 1 aromatic carbocycles. The van der Waals surface area contributed by atoms with Crippen LogP contribution in [0.15, 0.2) is 22.7 Å². The molecule has 0 radical (unpaired) electrons. The van der Waals surface area contributed by atoms with Crippen LogP contribution in [0.2, 0.25) is 0 Å². The van der Waals surface area contributed by atoms with Crippen LogP contribution in [0.3, 0.4) is 0 Å². The molecule has 1 aromatic rings. The van der Waals surface area contributed by atoms with Crippen molar-refractivity contribution >= 4 is 21.8 Å². The maximum Gasteiger partial charge on any atom is 0.257 e. The van der Waals surface area contributed by atoms with Crippen molar-refractivity contribution in [2.24, 2.45) is 5.92 Å². The molecule has 1 fully saturated rings. The topological polar surface area (TPSA) is 50.4 Å². The molecule has 0 heterocycles. The van der Waals surface area contributed by atoms with Gasteiger partial charge in [0.1, 0.15) is 5.75 Å². The summed E-state index contributed by atoms with van der Waals surface area (Å²) in [5.41, 5.74) is 1.15. The Labute approximate surface area is 134 Å². The average Bonchev–Trinajstić information content (AvgIpc) is 3.27. The molecule has 0 unspecified atom stereocenters. The minimum atomic E-state index is -0.0794. The Morgan fingerprint density at radius 2 is 2.19 bits per heavy atom. The summed E-state index contributed by atoms with van der Waals surface area (Å²) in [7, 11) is 0. The predicted molar refractivity (Wildman–Crippen MR) is 87.3 cm³/mol. The van der Waals surface area contributed by atoms with E-state index in [9.17, 15) is 4.79 Å². The molecule has 0 aromatic heterocycles. The number of hydrogen-bond acceptors (Lipinski definition) is 3. The van der Waals surface area contributed by atoms with Gasteiger partial charge in [-0.25, -0.2) is 0 Å². The van der Waals surface area contributed by atoms with E-state index in [0.29, 0.717) is 18.5 Å². The van der Waals surface area contributed by atoms with Crippen LogP contribution >= 0.6 is 15.9 Å². The van der Waals surface area contributed by atoms with Crippen LogP contribution in [0, 0.1) is 5.92 Å².